The van der Waals surface area contributed by atoms with E-state index in [1.54, 1.807) is 12.1 Å². The Bertz CT molecular complexity index is 635. The van der Waals surface area contributed by atoms with Gasteiger partial charge in [-0.25, -0.2) is 4.79 Å². The summed E-state index contributed by atoms with van der Waals surface area (Å²) in [6.07, 6.45) is 0. The Hall–Kier alpha value is -2.26. The Morgan fingerprint density at radius 3 is 2.45 bits per heavy atom. The third kappa shape index (κ3) is 3.39. The first-order chi connectivity index (χ1) is 9.58. The molecule has 0 unspecified atom stereocenters. The van der Waals surface area contributed by atoms with E-state index in [1.807, 2.05) is 36.4 Å². The fourth-order valence-corrected chi connectivity index (χ4v) is 1.89. The molecule has 0 amide bonds. The maximum absolute atomic E-state index is 10.6. The second-order valence-electron chi connectivity index (χ2n) is 4.21. The number of hydrogen-bond donors (Lipinski definition) is 1. The minimum Gasteiger partial charge on any atom is -0.487 e. The summed E-state index contributed by atoms with van der Waals surface area (Å²) in [5.41, 5.74) is 2.00. The van der Waals surface area contributed by atoms with Gasteiger partial charge in [-0.2, -0.15) is 0 Å². The summed E-state index contributed by atoms with van der Waals surface area (Å²) in [5.74, 6) is -0.643. The summed E-state index contributed by atoms with van der Waals surface area (Å²) in [7, 11) is 0. The number of carboxylic acids is 1. The number of hydrogen-bond acceptors (Lipinski definition) is 2. The van der Waals surface area contributed by atoms with Crippen molar-refractivity contribution in [1.29, 1.82) is 0 Å². The van der Waals surface area contributed by atoms with Crippen molar-refractivity contribution in [2.45, 2.75) is 0 Å². The number of ether oxygens (including phenoxy) is 1. The molecule has 0 spiro atoms. The minimum atomic E-state index is -1.08. The molecule has 0 aliphatic rings. The Morgan fingerprint density at radius 1 is 1.15 bits per heavy atom. The van der Waals surface area contributed by atoms with E-state index in [4.69, 9.17) is 21.4 Å². The summed E-state index contributed by atoms with van der Waals surface area (Å²) in [4.78, 5) is 10.6. The lowest BCUT2D eigenvalue weighted by molar-refractivity contribution is -0.133. The number of benzene rings is 2. The summed E-state index contributed by atoms with van der Waals surface area (Å²) < 4.78 is 5.34. The minimum absolute atomic E-state index is 0.0202. The summed E-state index contributed by atoms with van der Waals surface area (Å²) >= 11 is 6.14. The van der Waals surface area contributed by atoms with Crippen LogP contribution in [-0.2, 0) is 4.79 Å². The highest BCUT2D eigenvalue weighted by molar-refractivity contribution is 6.32. The van der Waals surface area contributed by atoms with Crippen LogP contribution in [-0.4, -0.2) is 17.7 Å². The molecule has 0 bridgehead atoms. The van der Waals surface area contributed by atoms with E-state index in [1.165, 1.54) is 0 Å². The third-order valence-electron chi connectivity index (χ3n) is 2.74. The van der Waals surface area contributed by atoms with Gasteiger partial charge in [0, 0.05) is 0 Å². The van der Waals surface area contributed by atoms with E-state index < -0.39 is 5.97 Å². The number of aliphatic carboxylic acids is 1. The van der Waals surface area contributed by atoms with Gasteiger partial charge in [-0.1, -0.05) is 54.6 Å². The average molecular weight is 289 g/mol. The molecule has 102 valence electrons. The van der Waals surface area contributed by atoms with Crippen molar-refractivity contribution >= 4 is 17.6 Å². The predicted octanol–water partition coefficient (Wildman–Crippen LogP) is 4.03. The Kier molecular flexibility index (Phi) is 4.43. The smallest absolute Gasteiger partial charge is 0.334 e. The van der Waals surface area contributed by atoms with Gasteiger partial charge in [0.1, 0.15) is 12.4 Å². The molecule has 2 aromatic carbocycles. The monoisotopic (exact) mass is 288 g/mol. The van der Waals surface area contributed by atoms with E-state index in [9.17, 15) is 4.79 Å². The summed E-state index contributed by atoms with van der Waals surface area (Å²) in [6.45, 7) is 3.30. The van der Waals surface area contributed by atoms with Gasteiger partial charge in [0.25, 0.3) is 0 Å². The zero-order valence-corrected chi connectivity index (χ0v) is 11.4. The lowest BCUT2D eigenvalue weighted by atomic mass is 10.1. The van der Waals surface area contributed by atoms with E-state index in [0.717, 1.165) is 11.1 Å². The third-order valence-corrected chi connectivity index (χ3v) is 3.04. The van der Waals surface area contributed by atoms with Crippen LogP contribution in [0.4, 0.5) is 0 Å². The molecule has 4 heteroatoms. The molecule has 1 N–H and O–H groups in total. The fourth-order valence-electron chi connectivity index (χ4n) is 1.65. The van der Waals surface area contributed by atoms with Crippen molar-refractivity contribution in [1.82, 2.24) is 0 Å². The molecule has 0 radical (unpaired) electrons. The number of carbonyl (C=O) groups is 1. The molecule has 2 aromatic rings. The zero-order chi connectivity index (χ0) is 14.5. The van der Waals surface area contributed by atoms with Crippen LogP contribution in [0.5, 0.6) is 5.75 Å². The largest absolute Gasteiger partial charge is 0.487 e. The van der Waals surface area contributed by atoms with Gasteiger partial charge in [-0.05, 0) is 23.3 Å². The SMILES string of the molecule is C=C(COc1ccc(-c2ccccc2)cc1Cl)C(=O)O. The molecule has 0 aliphatic carbocycles. The van der Waals surface area contributed by atoms with Crippen molar-refractivity contribution in [3.63, 3.8) is 0 Å². The number of rotatable bonds is 5. The number of halogens is 1. The van der Waals surface area contributed by atoms with E-state index in [0.29, 0.717) is 10.8 Å². The highest BCUT2D eigenvalue weighted by Crippen LogP contribution is 2.30. The summed E-state index contributed by atoms with van der Waals surface area (Å²) in [6, 6.07) is 15.2. The second-order valence-corrected chi connectivity index (χ2v) is 4.62. The lowest BCUT2D eigenvalue weighted by Gasteiger charge is -2.09. The maximum atomic E-state index is 10.6. The van der Waals surface area contributed by atoms with Gasteiger partial charge in [-0.3, -0.25) is 0 Å². The molecule has 0 heterocycles. The van der Waals surface area contributed by atoms with Crippen LogP contribution >= 0.6 is 11.6 Å². The molecule has 2 rings (SSSR count). The van der Waals surface area contributed by atoms with Crippen molar-refractivity contribution in [3.05, 3.63) is 65.7 Å². The second kappa shape index (κ2) is 6.26. The normalized spacial score (nSPS) is 10.1. The Morgan fingerprint density at radius 2 is 1.85 bits per heavy atom. The lowest BCUT2D eigenvalue weighted by Crippen LogP contribution is -2.09. The van der Waals surface area contributed by atoms with Crippen molar-refractivity contribution in [3.8, 4) is 16.9 Å². The standard InChI is InChI=1S/C16H13ClO3/c1-11(16(18)19)10-20-15-8-7-13(9-14(15)17)12-5-3-2-4-6-12/h2-9H,1,10H2,(H,18,19). The van der Waals surface area contributed by atoms with Crippen molar-refractivity contribution in [2.24, 2.45) is 0 Å². The van der Waals surface area contributed by atoms with E-state index in [-0.39, 0.29) is 12.2 Å². The first-order valence-electron chi connectivity index (χ1n) is 5.97. The topological polar surface area (TPSA) is 46.5 Å². The van der Waals surface area contributed by atoms with E-state index >= 15 is 0 Å². The molecular weight excluding hydrogens is 276 g/mol. The van der Waals surface area contributed by atoms with Crippen LogP contribution in [0.15, 0.2) is 60.7 Å². The van der Waals surface area contributed by atoms with Crippen LogP contribution in [0.1, 0.15) is 0 Å². The average Bonchev–Trinajstić information content (AvgIpc) is 2.46. The number of carboxylic acid groups (broad SMARTS) is 1. The van der Waals surface area contributed by atoms with Gasteiger partial charge in [-0.15, -0.1) is 0 Å². The zero-order valence-electron chi connectivity index (χ0n) is 10.7. The van der Waals surface area contributed by atoms with Gasteiger partial charge in [0.2, 0.25) is 0 Å². The molecule has 20 heavy (non-hydrogen) atoms. The Balaban J connectivity index is 2.14. The molecule has 0 aromatic heterocycles. The molecular formula is C16H13ClO3. The molecule has 3 nitrogen and oxygen atoms in total. The molecule has 0 saturated heterocycles. The molecule has 0 atom stereocenters. The molecule has 0 fully saturated rings. The van der Waals surface area contributed by atoms with Crippen LogP contribution in [0, 0.1) is 0 Å². The van der Waals surface area contributed by atoms with Gasteiger partial charge < -0.3 is 9.84 Å². The Labute approximate surface area is 122 Å². The first-order valence-corrected chi connectivity index (χ1v) is 6.34. The molecule has 0 aliphatic heterocycles. The first kappa shape index (κ1) is 14.2. The van der Waals surface area contributed by atoms with E-state index in [2.05, 4.69) is 6.58 Å². The van der Waals surface area contributed by atoms with Gasteiger partial charge >= 0.3 is 5.97 Å². The van der Waals surface area contributed by atoms with Crippen LogP contribution in [0.2, 0.25) is 5.02 Å². The van der Waals surface area contributed by atoms with Crippen LogP contribution < -0.4 is 4.74 Å². The predicted molar refractivity (Wildman–Crippen MR) is 79.2 cm³/mol. The van der Waals surface area contributed by atoms with Gasteiger partial charge in [0.05, 0.1) is 10.6 Å². The van der Waals surface area contributed by atoms with Crippen LogP contribution in [0.25, 0.3) is 11.1 Å². The molecule has 0 saturated carbocycles. The quantitative estimate of drug-likeness (QED) is 0.845. The summed E-state index contributed by atoms with van der Waals surface area (Å²) in [5, 5.41) is 9.14. The maximum Gasteiger partial charge on any atom is 0.334 e. The van der Waals surface area contributed by atoms with Gasteiger partial charge in [0.15, 0.2) is 0 Å². The fraction of sp³-hybridized carbons (Fsp3) is 0.0625. The highest BCUT2D eigenvalue weighted by atomic mass is 35.5. The highest BCUT2D eigenvalue weighted by Gasteiger charge is 2.08. The van der Waals surface area contributed by atoms with Crippen LogP contribution in [0.3, 0.4) is 0 Å². The van der Waals surface area contributed by atoms with Crippen molar-refractivity contribution < 1.29 is 14.6 Å². The van der Waals surface area contributed by atoms with Crippen molar-refractivity contribution in [2.75, 3.05) is 6.61 Å².